The van der Waals surface area contributed by atoms with Gasteiger partial charge in [-0.05, 0) is 64.2 Å². The van der Waals surface area contributed by atoms with Crippen molar-refractivity contribution < 1.29 is 19.1 Å². The van der Waals surface area contributed by atoms with Crippen LogP contribution in [-0.4, -0.2) is 58.2 Å². The monoisotopic (exact) mass is 553 g/mol. The van der Waals surface area contributed by atoms with Crippen molar-refractivity contribution >= 4 is 23.4 Å². The number of amides is 2. The molecular weight excluding hydrogens is 518 g/mol. The van der Waals surface area contributed by atoms with Crippen LogP contribution in [0.1, 0.15) is 60.8 Å². The maximum Gasteiger partial charge on any atom is 0.411 e. The van der Waals surface area contributed by atoms with E-state index in [9.17, 15) is 9.59 Å². The van der Waals surface area contributed by atoms with Gasteiger partial charge >= 0.3 is 6.09 Å². The number of fused-ring (bicyclic) bond motifs is 2. The van der Waals surface area contributed by atoms with Gasteiger partial charge in [0.15, 0.2) is 0 Å². The molecule has 41 heavy (non-hydrogen) atoms. The molecule has 2 amide bonds. The largest absolute Gasteiger partial charge is 0.494 e. The third-order valence-corrected chi connectivity index (χ3v) is 7.99. The van der Waals surface area contributed by atoms with E-state index in [-0.39, 0.29) is 12.0 Å². The minimum Gasteiger partial charge on any atom is -0.494 e. The first-order chi connectivity index (χ1) is 19.6. The van der Waals surface area contributed by atoms with E-state index in [2.05, 4.69) is 32.4 Å². The molecule has 5 heterocycles. The van der Waals surface area contributed by atoms with E-state index in [4.69, 9.17) is 9.47 Å². The van der Waals surface area contributed by atoms with Crippen LogP contribution in [0.2, 0.25) is 0 Å². The summed E-state index contributed by atoms with van der Waals surface area (Å²) < 4.78 is 11.4. The van der Waals surface area contributed by atoms with Gasteiger partial charge in [-0.25, -0.2) is 4.79 Å². The Bertz CT molecular complexity index is 1600. The molecule has 9 nitrogen and oxygen atoms in total. The highest BCUT2D eigenvalue weighted by Crippen LogP contribution is 2.50. The molecule has 2 bridgehead atoms. The fourth-order valence-electron chi connectivity index (χ4n) is 6.17. The predicted molar refractivity (Wildman–Crippen MR) is 156 cm³/mol. The number of carbonyl (C=O) groups excluding carboxylic acids is 2. The van der Waals surface area contributed by atoms with Crippen LogP contribution in [0.25, 0.3) is 11.3 Å². The number of carbonyl (C=O) groups is 2. The lowest BCUT2D eigenvalue weighted by Gasteiger charge is -2.37. The lowest BCUT2D eigenvalue weighted by molar-refractivity contribution is 0.0172. The lowest BCUT2D eigenvalue weighted by Crippen LogP contribution is -2.48. The van der Waals surface area contributed by atoms with E-state index in [0.29, 0.717) is 48.0 Å². The molecule has 1 aliphatic carbocycles. The molecule has 3 fully saturated rings. The van der Waals surface area contributed by atoms with Crippen LogP contribution >= 0.6 is 0 Å². The number of aromatic amines is 1. The fraction of sp³-hybridized carbons (Fsp3) is 0.406. The van der Waals surface area contributed by atoms with Crippen molar-refractivity contribution in [1.29, 1.82) is 0 Å². The van der Waals surface area contributed by atoms with Crippen LogP contribution in [0, 0.1) is 24.7 Å². The first-order valence-corrected chi connectivity index (χ1v) is 14.0. The summed E-state index contributed by atoms with van der Waals surface area (Å²) in [5.41, 5.74) is 5.01. The molecule has 1 aromatic carbocycles. The molecule has 4 aliphatic rings. The smallest absolute Gasteiger partial charge is 0.411 e. The van der Waals surface area contributed by atoms with Gasteiger partial charge in [0, 0.05) is 43.2 Å². The zero-order valence-electron chi connectivity index (χ0n) is 24.1. The molecule has 0 radical (unpaired) electrons. The number of H-pyrrole nitrogens is 1. The molecule has 0 unspecified atom stereocenters. The third kappa shape index (κ3) is 4.77. The van der Waals surface area contributed by atoms with E-state index in [1.807, 2.05) is 52.0 Å². The molecule has 0 spiro atoms. The lowest BCUT2D eigenvalue weighted by atomic mass is 9.73. The van der Waals surface area contributed by atoms with Gasteiger partial charge in [-0.2, -0.15) is 0 Å². The Kier molecular flexibility index (Phi) is 6.45. The molecule has 212 valence electrons. The summed E-state index contributed by atoms with van der Waals surface area (Å²) in [5, 5.41) is 6.47. The van der Waals surface area contributed by atoms with Gasteiger partial charge in [-0.3, -0.25) is 14.7 Å². The normalized spacial score (nSPS) is 20.8. The van der Waals surface area contributed by atoms with Crippen molar-refractivity contribution in [3.8, 4) is 28.8 Å². The summed E-state index contributed by atoms with van der Waals surface area (Å²) in [6.45, 7) is 8.83. The number of nitrogens with zero attached hydrogens (tertiary/aromatic N) is 2. The summed E-state index contributed by atoms with van der Waals surface area (Å²) in [6.07, 6.45) is 5.50. The van der Waals surface area contributed by atoms with Crippen molar-refractivity contribution in [3.63, 3.8) is 0 Å². The van der Waals surface area contributed by atoms with E-state index in [0.717, 1.165) is 41.0 Å². The zero-order valence-corrected chi connectivity index (χ0v) is 24.1. The second kappa shape index (κ2) is 9.88. The van der Waals surface area contributed by atoms with Crippen LogP contribution < -0.4 is 15.4 Å². The number of para-hydroxylation sites is 1. The number of aryl methyl sites for hydroxylation is 1. The highest BCUT2D eigenvalue weighted by atomic mass is 16.6. The molecule has 2 saturated heterocycles. The highest BCUT2D eigenvalue weighted by Gasteiger charge is 2.58. The third-order valence-electron chi connectivity index (χ3n) is 7.99. The zero-order chi connectivity index (χ0) is 28.9. The minimum absolute atomic E-state index is 0.136. The van der Waals surface area contributed by atoms with Gasteiger partial charge in [0.1, 0.15) is 16.9 Å². The number of pyridine rings is 1. The predicted octanol–water partition coefficient (Wildman–Crippen LogP) is 5.17. The van der Waals surface area contributed by atoms with Crippen molar-refractivity contribution in [3.05, 3.63) is 59.0 Å². The first kappa shape index (κ1) is 26.8. The summed E-state index contributed by atoms with van der Waals surface area (Å²) in [4.78, 5) is 35.8. The van der Waals surface area contributed by atoms with Crippen LogP contribution in [0.4, 0.5) is 16.2 Å². The molecule has 9 heteroatoms. The van der Waals surface area contributed by atoms with Crippen LogP contribution in [0.15, 0.2) is 36.7 Å². The van der Waals surface area contributed by atoms with Gasteiger partial charge in [0.2, 0.25) is 0 Å². The van der Waals surface area contributed by atoms with Gasteiger partial charge in [-0.1, -0.05) is 24.0 Å². The van der Waals surface area contributed by atoms with Gasteiger partial charge in [0.05, 0.1) is 35.3 Å². The molecule has 3 aliphatic heterocycles. The Labute approximate surface area is 240 Å². The first-order valence-electron chi connectivity index (χ1n) is 14.0. The van der Waals surface area contributed by atoms with E-state index in [1.165, 1.54) is 0 Å². The quantitative estimate of drug-likeness (QED) is 0.385. The Morgan fingerprint density at radius 3 is 2.80 bits per heavy atom. The van der Waals surface area contributed by atoms with Crippen LogP contribution in [0.5, 0.6) is 5.75 Å². The number of hydrogen-bond donors (Lipinski definition) is 3. The van der Waals surface area contributed by atoms with Gasteiger partial charge in [0.25, 0.3) is 5.91 Å². The Balaban J connectivity index is 1.41. The van der Waals surface area contributed by atoms with Crippen LogP contribution in [-0.2, 0) is 11.2 Å². The summed E-state index contributed by atoms with van der Waals surface area (Å²) >= 11 is 0. The summed E-state index contributed by atoms with van der Waals surface area (Å²) in [7, 11) is 1.64. The van der Waals surface area contributed by atoms with E-state index >= 15 is 0 Å². The Morgan fingerprint density at radius 2 is 2.05 bits per heavy atom. The molecule has 3 aromatic rings. The van der Waals surface area contributed by atoms with Crippen LogP contribution in [0.3, 0.4) is 0 Å². The molecular formula is C32H35N5O4. The number of anilines is 2. The van der Waals surface area contributed by atoms with Crippen molar-refractivity contribution in [2.75, 3.05) is 25.5 Å². The molecule has 7 rings (SSSR count). The maximum absolute atomic E-state index is 13.1. The second-order valence-electron chi connectivity index (χ2n) is 12.1. The second-order valence-corrected chi connectivity index (χ2v) is 12.1. The minimum atomic E-state index is -0.572. The molecule has 3 N–H and O–H groups in total. The standard InChI is InChI=1S/C32H35N5O4/c1-19-7-6-8-24(28(19)40-5)36-27-25-23(11-14-34-29(25)38)35-26(27)22-10-13-33-17-21(22)9-12-32-15-20(16-32)18-37(32)30(39)41-31(2,3)4/h6-8,10,13,17,20,35-36H,11,14-16,18H2,1-5H3,(H,34,38). The fourth-order valence-corrected chi connectivity index (χ4v) is 6.17. The topological polar surface area (TPSA) is 109 Å². The number of nitrogens with one attached hydrogen (secondary N) is 3. The van der Waals surface area contributed by atoms with E-state index < -0.39 is 11.1 Å². The van der Waals surface area contributed by atoms with Crippen molar-refractivity contribution in [2.45, 2.75) is 58.1 Å². The number of aromatic nitrogens is 2. The molecule has 2 aromatic heterocycles. The van der Waals surface area contributed by atoms with Gasteiger partial charge < -0.3 is 25.1 Å². The number of methoxy groups -OCH3 is 1. The number of ether oxygens (including phenoxy) is 2. The molecule has 1 saturated carbocycles. The van der Waals surface area contributed by atoms with Gasteiger partial charge in [-0.15, -0.1) is 0 Å². The SMILES string of the molecule is COc1c(C)cccc1Nc1c(-c2ccncc2C#CC23CC(CN2C(=O)OC(C)(C)C)C3)[nH]c2c1C(=O)NCC2. The average Bonchev–Trinajstić information content (AvgIpc) is 3.57. The molecule has 0 atom stereocenters. The Morgan fingerprint density at radius 1 is 1.24 bits per heavy atom. The summed E-state index contributed by atoms with van der Waals surface area (Å²) in [6, 6.07) is 7.76. The summed E-state index contributed by atoms with van der Waals surface area (Å²) in [5.74, 6) is 7.81. The van der Waals surface area contributed by atoms with Crippen molar-refractivity contribution in [2.24, 2.45) is 5.92 Å². The van der Waals surface area contributed by atoms with Crippen molar-refractivity contribution in [1.82, 2.24) is 20.2 Å². The Hall–Kier alpha value is -4.45. The highest BCUT2D eigenvalue weighted by molar-refractivity contribution is 6.06. The average molecular weight is 554 g/mol. The number of hydrogen-bond acceptors (Lipinski definition) is 6. The number of rotatable bonds is 4. The maximum atomic E-state index is 13.1. The van der Waals surface area contributed by atoms with E-state index in [1.54, 1.807) is 24.4 Å². The number of benzene rings is 1.